The van der Waals surface area contributed by atoms with E-state index in [1.165, 1.54) is 25.7 Å². The number of allylic oxidation sites excluding steroid dienone is 2. The summed E-state index contributed by atoms with van der Waals surface area (Å²) in [6.45, 7) is 4.82. The second-order valence-electron chi connectivity index (χ2n) is 5.04. The van der Waals surface area contributed by atoms with Crippen molar-refractivity contribution in [3.05, 3.63) is 11.1 Å². The van der Waals surface area contributed by atoms with Gasteiger partial charge in [-0.05, 0) is 49.4 Å². The van der Waals surface area contributed by atoms with Crippen LogP contribution in [-0.2, 0) is 0 Å². The summed E-state index contributed by atoms with van der Waals surface area (Å²) in [7, 11) is 0. The van der Waals surface area contributed by atoms with E-state index in [9.17, 15) is 0 Å². The van der Waals surface area contributed by atoms with Crippen LogP contribution in [0.25, 0.3) is 0 Å². The van der Waals surface area contributed by atoms with E-state index in [1.54, 1.807) is 0 Å². The molecule has 0 aliphatic heterocycles. The average Bonchev–Trinajstić information content (AvgIpc) is 2.57. The lowest BCUT2D eigenvalue weighted by Gasteiger charge is -2.04. The summed E-state index contributed by atoms with van der Waals surface area (Å²) in [4.78, 5) is 0. The molecule has 3 rings (SSSR count). The first-order chi connectivity index (χ1) is 5.79. The predicted octanol–water partition coefficient (Wildman–Crippen LogP) is 3.39. The van der Waals surface area contributed by atoms with Gasteiger partial charge in [0.15, 0.2) is 0 Å². The Kier molecular flexibility index (Phi) is 1.29. The van der Waals surface area contributed by atoms with E-state index in [1.807, 2.05) is 11.1 Å². The van der Waals surface area contributed by atoms with Crippen molar-refractivity contribution in [1.82, 2.24) is 0 Å². The van der Waals surface area contributed by atoms with Gasteiger partial charge in [-0.15, -0.1) is 0 Å². The number of rotatable bonds is 0. The fourth-order valence-corrected chi connectivity index (χ4v) is 3.61. The van der Waals surface area contributed by atoms with Gasteiger partial charge in [-0.3, -0.25) is 0 Å². The van der Waals surface area contributed by atoms with Gasteiger partial charge in [0.25, 0.3) is 0 Å². The summed E-state index contributed by atoms with van der Waals surface area (Å²) in [5.74, 6) is 3.97. The van der Waals surface area contributed by atoms with Crippen molar-refractivity contribution < 1.29 is 0 Å². The van der Waals surface area contributed by atoms with Crippen LogP contribution in [0.5, 0.6) is 0 Å². The lowest BCUT2D eigenvalue weighted by Crippen LogP contribution is -1.90. The topological polar surface area (TPSA) is 0 Å². The SMILES string of the molecule is CC1C(=C2C3CCC2CC3)C1C. The first-order valence-electron chi connectivity index (χ1n) is 5.53. The minimum absolute atomic E-state index is 0.946. The van der Waals surface area contributed by atoms with Crippen LogP contribution in [0.2, 0.25) is 0 Å². The highest BCUT2D eigenvalue weighted by Gasteiger charge is 2.46. The van der Waals surface area contributed by atoms with E-state index < -0.39 is 0 Å². The van der Waals surface area contributed by atoms with Gasteiger partial charge in [0.05, 0.1) is 0 Å². The molecule has 2 bridgehead atoms. The summed E-state index contributed by atoms with van der Waals surface area (Å²) in [6.07, 6.45) is 6.07. The number of hydrogen-bond donors (Lipinski definition) is 0. The van der Waals surface area contributed by atoms with Crippen LogP contribution >= 0.6 is 0 Å². The summed E-state index contributed by atoms with van der Waals surface area (Å²) < 4.78 is 0. The van der Waals surface area contributed by atoms with Gasteiger partial charge < -0.3 is 0 Å². The van der Waals surface area contributed by atoms with Gasteiger partial charge in [0, 0.05) is 0 Å². The molecule has 0 heterocycles. The maximum atomic E-state index is 2.41. The van der Waals surface area contributed by atoms with E-state index in [4.69, 9.17) is 0 Å². The lowest BCUT2D eigenvalue weighted by atomic mass is 10.0. The van der Waals surface area contributed by atoms with Crippen LogP contribution < -0.4 is 0 Å². The van der Waals surface area contributed by atoms with Crippen LogP contribution in [0.3, 0.4) is 0 Å². The van der Waals surface area contributed by atoms with Gasteiger partial charge in [-0.2, -0.15) is 0 Å². The van der Waals surface area contributed by atoms with Crippen LogP contribution in [0.1, 0.15) is 39.5 Å². The van der Waals surface area contributed by atoms with Crippen molar-refractivity contribution in [2.24, 2.45) is 23.7 Å². The molecule has 3 aliphatic rings. The fourth-order valence-electron chi connectivity index (χ4n) is 3.61. The molecule has 66 valence electrons. The third-order valence-corrected chi connectivity index (χ3v) is 4.56. The third-order valence-electron chi connectivity index (χ3n) is 4.56. The predicted molar refractivity (Wildman–Crippen MR) is 50.8 cm³/mol. The van der Waals surface area contributed by atoms with E-state index in [0.717, 1.165) is 23.7 Å². The molecular weight excluding hydrogens is 144 g/mol. The van der Waals surface area contributed by atoms with E-state index in [-0.39, 0.29) is 0 Å². The standard InChI is InChI=1S/C12H18/c1-7-8(2)11(7)12-9-3-4-10(12)6-5-9/h7-10H,3-6H2,1-2H3. The van der Waals surface area contributed by atoms with Crippen molar-refractivity contribution in [3.63, 3.8) is 0 Å². The Morgan fingerprint density at radius 2 is 1.17 bits per heavy atom. The maximum Gasteiger partial charge on any atom is -0.0163 e. The Morgan fingerprint density at radius 1 is 0.750 bits per heavy atom. The minimum atomic E-state index is 0.946. The molecule has 2 atom stereocenters. The Morgan fingerprint density at radius 3 is 1.50 bits per heavy atom. The van der Waals surface area contributed by atoms with E-state index in [2.05, 4.69) is 13.8 Å². The molecule has 0 N–H and O–H groups in total. The maximum absolute atomic E-state index is 2.41. The zero-order valence-electron chi connectivity index (χ0n) is 8.14. The van der Waals surface area contributed by atoms with Gasteiger partial charge in [-0.25, -0.2) is 0 Å². The molecule has 0 radical (unpaired) electrons. The van der Waals surface area contributed by atoms with Crippen LogP contribution in [0, 0.1) is 23.7 Å². The van der Waals surface area contributed by atoms with Crippen LogP contribution in [0.15, 0.2) is 11.1 Å². The Hall–Kier alpha value is -0.260. The molecule has 3 saturated carbocycles. The van der Waals surface area contributed by atoms with Crippen molar-refractivity contribution in [2.45, 2.75) is 39.5 Å². The van der Waals surface area contributed by atoms with Gasteiger partial charge in [-0.1, -0.05) is 25.0 Å². The Bertz CT molecular complexity index is 217. The van der Waals surface area contributed by atoms with Crippen LogP contribution in [-0.4, -0.2) is 0 Å². The summed E-state index contributed by atoms with van der Waals surface area (Å²) in [6, 6.07) is 0. The monoisotopic (exact) mass is 162 g/mol. The normalized spacial score (nSPS) is 50.5. The smallest absolute Gasteiger partial charge is 0.0163 e. The lowest BCUT2D eigenvalue weighted by molar-refractivity contribution is 0.480. The minimum Gasteiger partial charge on any atom is -0.0642 e. The Balaban J connectivity index is 1.99. The molecule has 0 heteroatoms. The van der Waals surface area contributed by atoms with Gasteiger partial charge in [0.1, 0.15) is 0 Å². The molecule has 0 aromatic rings. The van der Waals surface area contributed by atoms with E-state index in [0.29, 0.717) is 0 Å². The summed E-state index contributed by atoms with van der Waals surface area (Å²) in [5, 5.41) is 0. The molecule has 12 heavy (non-hydrogen) atoms. The molecule has 0 nitrogen and oxygen atoms in total. The molecule has 2 unspecified atom stereocenters. The number of hydrogen-bond acceptors (Lipinski definition) is 0. The third kappa shape index (κ3) is 0.739. The van der Waals surface area contributed by atoms with Crippen molar-refractivity contribution in [2.75, 3.05) is 0 Å². The summed E-state index contributed by atoms with van der Waals surface area (Å²) >= 11 is 0. The van der Waals surface area contributed by atoms with Crippen molar-refractivity contribution in [1.29, 1.82) is 0 Å². The molecule has 3 fully saturated rings. The molecule has 0 aromatic heterocycles. The van der Waals surface area contributed by atoms with Crippen LogP contribution in [0.4, 0.5) is 0 Å². The first-order valence-corrected chi connectivity index (χ1v) is 5.53. The fraction of sp³-hybridized carbons (Fsp3) is 0.833. The van der Waals surface area contributed by atoms with Crippen molar-refractivity contribution >= 4 is 0 Å². The van der Waals surface area contributed by atoms with Gasteiger partial charge in [0.2, 0.25) is 0 Å². The molecule has 0 saturated heterocycles. The highest BCUT2D eigenvalue weighted by atomic mass is 14.5. The van der Waals surface area contributed by atoms with Gasteiger partial charge >= 0.3 is 0 Å². The second-order valence-corrected chi connectivity index (χ2v) is 5.04. The highest BCUT2D eigenvalue weighted by Crippen LogP contribution is 2.58. The molecule has 0 amide bonds. The molecular formula is C12H18. The second kappa shape index (κ2) is 2.16. The quantitative estimate of drug-likeness (QED) is 0.479. The molecule has 0 spiro atoms. The highest BCUT2D eigenvalue weighted by molar-refractivity contribution is 5.39. The first kappa shape index (κ1) is 7.17. The van der Waals surface area contributed by atoms with E-state index >= 15 is 0 Å². The summed E-state index contributed by atoms with van der Waals surface area (Å²) in [5.41, 5.74) is 3.81. The molecule has 3 aliphatic carbocycles. The van der Waals surface area contributed by atoms with Crippen molar-refractivity contribution in [3.8, 4) is 0 Å². The zero-order valence-corrected chi connectivity index (χ0v) is 8.14. The number of fused-ring (bicyclic) bond motifs is 2. The molecule has 0 aromatic carbocycles. The Labute approximate surface area is 75.0 Å². The zero-order chi connectivity index (χ0) is 8.29. The average molecular weight is 162 g/mol. The largest absolute Gasteiger partial charge is 0.0642 e.